The van der Waals surface area contributed by atoms with Gasteiger partial charge in [0.25, 0.3) is 21.9 Å². The van der Waals surface area contributed by atoms with Crippen molar-refractivity contribution in [1.29, 1.82) is 0 Å². The average molecular weight is 1400 g/mol. The van der Waals surface area contributed by atoms with Crippen LogP contribution >= 0.6 is 0 Å². The van der Waals surface area contributed by atoms with Crippen molar-refractivity contribution in [2.75, 3.05) is 231 Å². The van der Waals surface area contributed by atoms with E-state index in [1.54, 1.807) is 33.5 Å². The SMILES string of the molecule is COCCOCCOCCOCCN1C(=CC=CC=CC2=[N+](CCOCCOCCOCCCOCC(=O)ON3C(=O)CCC3=O)c3ccc(S(=O)(=O)[O-])cc3C2(C)CCOCCOCCOCCOC)C(C)(CCOCCOCCOCCOC)c2cc(S(=O)(=O)O)ccc21. The number of fused-ring (bicyclic) bond motifs is 2. The van der Waals surface area contributed by atoms with Gasteiger partial charge in [0.1, 0.15) is 23.3 Å². The van der Waals surface area contributed by atoms with Crippen LogP contribution in [0.4, 0.5) is 11.4 Å². The summed E-state index contributed by atoms with van der Waals surface area (Å²) in [6.07, 6.45) is 10.7. The van der Waals surface area contributed by atoms with Crippen LogP contribution in [0, 0.1) is 0 Å². The van der Waals surface area contributed by atoms with Crippen LogP contribution in [0.25, 0.3) is 0 Å². The highest BCUT2D eigenvalue weighted by molar-refractivity contribution is 7.86. The molecule has 0 saturated carbocycles. The Labute approximate surface area is 564 Å². The minimum absolute atomic E-state index is 0.00399. The summed E-state index contributed by atoms with van der Waals surface area (Å²) in [5, 5.41) is 0.468. The number of methoxy groups -OCH3 is 3. The summed E-state index contributed by atoms with van der Waals surface area (Å²) in [6.45, 7) is 13.6. The molecular formula is C65H99N3O26S2. The van der Waals surface area contributed by atoms with Gasteiger partial charge in [-0.2, -0.15) is 13.0 Å². The Kier molecular flexibility index (Phi) is 38.7. The Morgan fingerprint density at radius 2 is 0.969 bits per heavy atom. The van der Waals surface area contributed by atoms with E-state index >= 15 is 0 Å². The smallest absolute Gasteiger partial charge is 0.358 e. The number of carbonyl (C=O) groups excluding carboxylic acids is 3. The van der Waals surface area contributed by atoms with Crippen molar-refractivity contribution in [2.24, 2.45) is 0 Å². The fourth-order valence-electron chi connectivity index (χ4n) is 10.4. The number of nitrogens with zero attached hydrogens (tertiary/aromatic N) is 3. The van der Waals surface area contributed by atoms with E-state index in [-0.39, 0.29) is 95.3 Å². The van der Waals surface area contributed by atoms with Gasteiger partial charge in [-0.25, -0.2) is 13.2 Å². The zero-order valence-corrected chi connectivity index (χ0v) is 57.8. The molecule has 29 nitrogen and oxygen atoms in total. The Morgan fingerprint density at radius 1 is 0.531 bits per heavy atom. The summed E-state index contributed by atoms with van der Waals surface area (Å²) in [4.78, 5) is 41.5. The van der Waals surface area contributed by atoms with Crippen molar-refractivity contribution in [1.82, 2.24) is 5.06 Å². The molecule has 542 valence electrons. The first kappa shape index (κ1) is 81.6. The molecule has 3 aliphatic heterocycles. The van der Waals surface area contributed by atoms with Gasteiger partial charge in [-0.05, 0) is 75.1 Å². The third kappa shape index (κ3) is 28.3. The maximum atomic E-state index is 12.7. The highest BCUT2D eigenvalue weighted by atomic mass is 32.2. The van der Waals surface area contributed by atoms with Crippen LogP contribution in [0.1, 0.15) is 57.1 Å². The Balaban J connectivity index is 1.34. The molecule has 0 radical (unpaired) electrons. The van der Waals surface area contributed by atoms with E-state index < -0.39 is 55.5 Å². The molecule has 0 aliphatic carbocycles. The van der Waals surface area contributed by atoms with Gasteiger partial charge < -0.3 is 90.1 Å². The molecule has 3 aliphatic rings. The van der Waals surface area contributed by atoms with Gasteiger partial charge in [-0.3, -0.25) is 14.1 Å². The van der Waals surface area contributed by atoms with Crippen LogP contribution in [0.15, 0.2) is 82.3 Å². The lowest BCUT2D eigenvalue weighted by molar-refractivity contribution is -0.442. The molecule has 3 heterocycles. The first-order valence-corrected chi connectivity index (χ1v) is 35.0. The summed E-state index contributed by atoms with van der Waals surface area (Å²) in [5.74, 6) is -2.00. The highest BCUT2D eigenvalue weighted by Gasteiger charge is 2.48. The quantitative estimate of drug-likeness (QED) is 0.0323. The second-order valence-electron chi connectivity index (χ2n) is 22.2. The number of hydroxylamine groups is 2. The van der Waals surface area contributed by atoms with Crippen LogP contribution in [0.3, 0.4) is 0 Å². The van der Waals surface area contributed by atoms with Gasteiger partial charge in [-0.1, -0.05) is 18.2 Å². The molecule has 96 heavy (non-hydrogen) atoms. The zero-order valence-electron chi connectivity index (χ0n) is 56.1. The lowest BCUT2D eigenvalue weighted by Gasteiger charge is -2.30. The molecule has 2 unspecified atom stereocenters. The normalized spacial score (nSPS) is 17.8. The van der Waals surface area contributed by atoms with E-state index in [4.69, 9.17) is 80.6 Å². The van der Waals surface area contributed by atoms with Crippen molar-refractivity contribution < 1.29 is 126 Å². The second-order valence-corrected chi connectivity index (χ2v) is 25.0. The summed E-state index contributed by atoms with van der Waals surface area (Å²) in [6, 6.07) is 8.91. The number of hydrogen-bond acceptors (Lipinski definition) is 26. The van der Waals surface area contributed by atoms with E-state index in [9.17, 15) is 40.3 Å². The summed E-state index contributed by atoms with van der Waals surface area (Å²) in [5.41, 5.74) is 2.42. The number of hydrogen-bond donors (Lipinski definition) is 1. The fourth-order valence-corrected chi connectivity index (χ4v) is 11.4. The Bertz CT molecular complexity index is 2990. The molecule has 31 heteroatoms. The molecule has 2 amide bonds. The number of ether oxygens (including phenoxy) is 16. The van der Waals surface area contributed by atoms with E-state index in [1.165, 1.54) is 24.3 Å². The number of carbonyl (C=O) groups is 3. The lowest BCUT2D eigenvalue weighted by atomic mass is 9.76. The van der Waals surface area contributed by atoms with Crippen LogP contribution in [0.5, 0.6) is 0 Å². The predicted octanol–water partition coefficient (Wildman–Crippen LogP) is 3.90. The Morgan fingerprint density at radius 3 is 1.47 bits per heavy atom. The average Bonchev–Trinajstić information content (AvgIpc) is 1.57. The number of allylic oxidation sites excluding steroid dienone is 6. The van der Waals surface area contributed by atoms with Gasteiger partial charge in [0.15, 0.2) is 12.3 Å². The summed E-state index contributed by atoms with van der Waals surface area (Å²) in [7, 11) is -4.67. The van der Waals surface area contributed by atoms with Crippen LogP contribution in [-0.2, 0) is 126 Å². The largest absolute Gasteiger partial charge is 0.744 e. The van der Waals surface area contributed by atoms with E-state index in [1.807, 2.05) is 48.8 Å². The number of amides is 2. The molecular weight excluding hydrogens is 1300 g/mol. The van der Waals surface area contributed by atoms with Crippen molar-refractivity contribution >= 4 is 55.1 Å². The molecule has 1 fully saturated rings. The van der Waals surface area contributed by atoms with E-state index in [0.29, 0.717) is 172 Å². The number of anilines is 1. The van der Waals surface area contributed by atoms with Crippen LogP contribution < -0.4 is 4.90 Å². The zero-order chi connectivity index (χ0) is 69.3. The minimum atomic E-state index is -4.87. The third-order valence-corrected chi connectivity index (χ3v) is 17.1. The van der Waals surface area contributed by atoms with E-state index in [2.05, 4.69) is 4.90 Å². The van der Waals surface area contributed by atoms with E-state index in [0.717, 1.165) is 11.4 Å². The number of imide groups is 1. The van der Waals surface area contributed by atoms with Crippen LogP contribution in [-0.4, -0.2) is 285 Å². The van der Waals surface area contributed by atoms with Gasteiger partial charge in [0.05, 0.1) is 167 Å². The first-order valence-electron chi connectivity index (χ1n) is 32.1. The molecule has 0 aromatic heterocycles. The lowest BCUT2D eigenvalue weighted by Crippen LogP contribution is -2.33. The molecule has 2 aromatic rings. The van der Waals surface area contributed by atoms with Crippen molar-refractivity contribution in [3.8, 4) is 0 Å². The van der Waals surface area contributed by atoms with Crippen molar-refractivity contribution in [3.63, 3.8) is 0 Å². The third-order valence-electron chi connectivity index (χ3n) is 15.4. The topological polar surface area (TPSA) is 329 Å². The monoisotopic (exact) mass is 1400 g/mol. The standard InChI is InChI=1S/C65H99N3O26S2/c1-64(18-24-82-35-40-90-47-44-86-31-28-78-3)55-50-53(95(72,73)74)12-14-57(55)66(20-26-84-37-42-89-39-34-81-22-9-23-93-52-63(71)94-68-61(69)16-17-62(68)70)59(64)10-7-6-8-11-60-65(2,19-25-83-36-41-91-48-45-87-32-29-79-4)56-51-54(96(75,76)77)13-15-58(56)67(60)21-27-85-38-43-92-49-46-88-33-30-80-5/h6-8,10-15,50-51H,9,16-49,52H2,1-5H3,(H-,72,73,74,75,76,77). The Hall–Kier alpha value is -5.08. The molecule has 2 aromatic carbocycles. The maximum absolute atomic E-state index is 12.7. The number of rotatable bonds is 57. The molecule has 0 spiro atoms. The molecule has 2 atom stereocenters. The van der Waals surface area contributed by atoms with Gasteiger partial charge >= 0.3 is 5.97 Å². The fraction of sp³-hybridized carbons (Fsp3) is 0.662. The summed E-state index contributed by atoms with van der Waals surface area (Å²) < 4.78 is 165. The van der Waals surface area contributed by atoms with Crippen molar-refractivity contribution in [2.45, 2.75) is 66.6 Å². The maximum Gasteiger partial charge on any atom is 0.358 e. The number of benzene rings is 2. The summed E-state index contributed by atoms with van der Waals surface area (Å²) >= 11 is 0. The highest BCUT2D eigenvalue weighted by Crippen LogP contribution is 2.51. The molecule has 0 bridgehead atoms. The molecule has 1 saturated heterocycles. The first-order chi connectivity index (χ1) is 46.4. The molecule has 1 N–H and O–H groups in total. The predicted molar refractivity (Wildman–Crippen MR) is 346 cm³/mol. The van der Waals surface area contributed by atoms with Gasteiger partial charge in [0, 0.05) is 102 Å². The van der Waals surface area contributed by atoms with Gasteiger partial charge in [-0.15, -0.1) is 5.06 Å². The minimum Gasteiger partial charge on any atom is -0.744 e. The van der Waals surface area contributed by atoms with Crippen LogP contribution in [0.2, 0.25) is 0 Å². The van der Waals surface area contributed by atoms with Crippen molar-refractivity contribution in [3.05, 3.63) is 83.6 Å². The molecule has 5 rings (SSSR count). The van der Waals surface area contributed by atoms with Gasteiger partial charge in [0.2, 0.25) is 5.69 Å². The second kappa shape index (κ2) is 45.6.